The summed E-state index contributed by atoms with van der Waals surface area (Å²) in [4.78, 5) is 21.8. The molecule has 7 nitrogen and oxygen atoms in total. The summed E-state index contributed by atoms with van der Waals surface area (Å²) in [5.41, 5.74) is 0. The Balaban J connectivity index is 2.42. The zero-order valence-corrected chi connectivity index (χ0v) is 11.2. The minimum absolute atomic E-state index is 0.0504. The normalized spacial score (nSPS) is 11.2. The third-order valence-corrected chi connectivity index (χ3v) is 3.22. The molecule has 0 saturated heterocycles. The highest BCUT2D eigenvalue weighted by atomic mass is 32.2. The molecular weight excluding hydrogens is 274 g/mol. The molecule has 0 aliphatic rings. The predicted octanol–water partition coefficient (Wildman–Crippen LogP) is 0.668. The van der Waals surface area contributed by atoms with Crippen molar-refractivity contribution in [3.8, 4) is 0 Å². The SMILES string of the molecule is CS(=O)(=O)c1ccc(C(=O)NCCCCC(=O)O)o1. The Labute approximate surface area is 110 Å². The van der Waals surface area contributed by atoms with Gasteiger partial charge in [0.05, 0.1) is 0 Å². The van der Waals surface area contributed by atoms with Crippen LogP contribution in [0.4, 0.5) is 0 Å². The second-order valence-corrected chi connectivity index (χ2v) is 5.94. The van der Waals surface area contributed by atoms with Gasteiger partial charge in [-0.1, -0.05) is 0 Å². The molecule has 0 aliphatic carbocycles. The van der Waals surface area contributed by atoms with Crippen molar-refractivity contribution in [3.63, 3.8) is 0 Å². The Hall–Kier alpha value is -1.83. The minimum atomic E-state index is -3.47. The van der Waals surface area contributed by atoms with Gasteiger partial charge in [-0.2, -0.15) is 0 Å². The number of carbonyl (C=O) groups excluding carboxylic acids is 1. The number of hydrogen-bond donors (Lipinski definition) is 2. The molecule has 1 aromatic heterocycles. The van der Waals surface area contributed by atoms with E-state index in [0.29, 0.717) is 19.4 Å². The summed E-state index contributed by atoms with van der Waals surface area (Å²) in [5, 5.41) is 10.7. The first kappa shape index (κ1) is 15.2. The van der Waals surface area contributed by atoms with Gasteiger partial charge in [0.25, 0.3) is 5.91 Å². The van der Waals surface area contributed by atoms with E-state index in [1.54, 1.807) is 0 Å². The van der Waals surface area contributed by atoms with Crippen molar-refractivity contribution in [2.75, 3.05) is 12.8 Å². The quantitative estimate of drug-likeness (QED) is 0.713. The summed E-state index contributed by atoms with van der Waals surface area (Å²) >= 11 is 0. The smallest absolute Gasteiger partial charge is 0.303 e. The first-order valence-electron chi connectivity index (χ1n) is 5.60. The molecule has 0 radical (unpaired) electrons. The van der Waals surface area contributed by atoms with Gasteiger partial charge in [0.15, 0.2) is 5.76 Å². The number of carboxylic acid groups (broad SMARTS) is 1. The van der Waals surface area contributed by atoms with Crippen molar-refractivity contribution in [1.82, 2.24) is 5.32 Å². The average molecular weight is 289 g/mol. The Morgan fingerprint density at radius 1 is 1.32 bits per heavy atom. The molecule has 0 aromatic carbocycles. The van der Waals surface area contributed by atoms with Crippen LogP contribution in [0.3, 0.4) is 0 Å². The van der Waals surface area contributed by atoms with Crippen LogP contribution in [0.15, 0.2) is 21.6 Å². The van der Waals surface area contributed by atoms with Gasteiger partial charge in [-0.3, -0.25) is 9.59 Å². The highest BCUT2D eigenvalue weighted by Gasteiger charge is 2.16. The molecule has 0 aliphatic heterocycles. The molecule has 1 rings (SSSR count). The van der Waals surface area contributed by atoms with Crippen LogP contribution < -0.4 is 5.32 Å². The van der Waals surface area contributed by atoms with Gasteiger partial charge in [0.2, 0.25) is 14.9 Å². The zero-order valence-electron chi connectivity index (χ0n) is 10.4. The van der Waals surface area contributed by atoms with E-state index in [2.05, 4.69) is 5.32 Å². The van der Waals surface area contributed by atoms with Crippen LogP contribution in [0.1, 0.15) is 29.8 Å². The van der Waals surface area contributed by atoms with E-state index in [9.17, 15) is 18.0 Å². The van der Waals surface area contributed by atoms with E-state index in [0.717, 1.165) is 6.26 Å². The molecule has 0 unspecified atom stereocenters. The summed E-state index contributed by atoms with van der Waals surface area (Å²) in [6.07, 6.45) is 2.02. The number of aliphatic carboxylic acids is 1. The van der Waals surface area contributed by atoms with E-state index in [4.69, 9.17) is 9.52 Å². The molecule has 2 N–H and O–H groups in total. The molecule has 1 aromatic rings. The molecule has 19 heavy (non-hydrogen) atoms. The van der Waals surface area contributed by atoms with Crippen LogP contribution in [0.2, 0.25) is 0 Å². The average Bonchev–Trinajstić information content (AvgIpc) is 2.76. The van der Waals surface area contributed by atoms with Crippen molar-refractivity contribution >= 4 is 21.7 Å². The fraction of sp³-hybridized carbons (Fsp3) is 0.455. The lowest BCUT2D eigenvalue weighted by Gasteiger charge is -2.01. The van der Waals surface area contributed by atoms with Crippen LogP contribution in [0, 0.1) is 0 Å². The van der Waals surface area contributed by atoms with Gasteiger partial charge < -0.3 is 14.8 Å². The number of rotatable bonds is 7. The molecule has 1 amide bonds. The highest BCUT2D eigenvalue weighted by Crippen LogP contribution is 2.13. The monoisotopic (exact) mass is 289 g/mol. The largest absolute Gasteiger partial charge is 0.481 e. The number of unbranched alkanes of at least 4 members (excludes halogenated alkanes) is 1. The van der Waals surface area contributed by atoms with Gasteiger partial charge in [-0.25, -0.2) is 8.42 Å². The number of carboxylic acids is 1. The number of sulfone groups is 1. The van der Waals surface area contributed by atoms with E-state index in [1.807, 2.05) is 0 Å². The lowest BCUT2D eigenvalue weighted by molar-refractivity contribution is -0.137. The van der Waals surface area contributed by atoms with Crippen molar-refractivity contribution in [1.29, 1.82) is 0 Å². The summed E-state index contributed by atoms with van der Waals surface area (Å²) in [6, 6.07) is 2.50. The molecule has 0 spiro atoms. The molecule has 8 heteroatoms. The standard InChI is InChI=1S/C11H15NO6S/c1-19(16,17)10-6-5-8(18-10)11(15)12-7-3-2-4-9(13)14/h5-6H,2-4,7H2,1H3,(H,12,15)(H,13,14). The number of nitrogens with one attached hydrogen (secondary N) is 1. The van der Waals surface area contributed by atoms with Crippen LogP contribution in [0.25, 0.3) is 0 Å². The third-order valence-electron chi connectivity index (χ3n) is 2.27. The Kier molecular flexibility index (Phi) is 5.11. The fourth-order valence-electron chi connectivity index (χ4n) is 1.33. The molecule has 0 fully saturated rings. The zero-order chi connectivity index (χ0) is 14.5. The van der Waals surface area contributed by atoms with Crippen LogP contribution in [-0.2, 0) is 14.6 Å². The van der Waals surface area contributed by atoms with Gasteiger partial charge in [0.1, 0.15) is 0 Å². The van der Waals surface area contributed by atoms with Gasteiger partial charge in [0, 0.05) is 19.2 Å². The van der Waals surface area contributed by atoms with E-state index >= 15 is 0 Å². The maximum absolute atomic E-state index is 11.6. The minimum Gasteiger partial charge on any atom is -0.481 e. The highest BCUT2D eigenvalue weighted by molar-refractivity contribution is 7.90. The maximum atomic E-state index is 11.6. The second kappa shape index (κ2) is 6.37. The molecule has 0 atom stereocenters. The van der Waals surface area contributed by atoms with Gasteiger partial charge >= 0.3 is 5.97 Å². The Bertz CT molecular complexity index is 559. The van der Waals surface area contributed by atoms with Crippen molar-refractivity contribution < 1.29 is 27.5 Å². The Morgan fingerprint density at radius 2 is 2.00 bits per heavy atom. The third kappa shape index (κ3) is 5.12. The molecule has 0 saturated carbocycles. The maximum Gasteiger partial charge on any atom is 0.303 e. The van der Waals surface area contributed by atoms with Crippen LogP contribution in [-0.4, -0.2) is 38.2 Å². The summed E-state index contributed by atoms with van der Waals surface area (Å²) < 4.78 is 27.2. The van der Waals surface area contributed by atoms with Crippen LogP contribution in [0.5, 0.6) is 0 Å². The second-order valence-electron chi connectivity index (χ2n) is 4.00. The first-order chi connectivity index (χ1) is 8.80. The predicted molar refractivity (Wildman–Crippen MR) is 65.6 cm³/mol. The number of amides is 1. The first-order valence-corrected chi connectivity index (χ1v) is 7.50. The lowest BCUT2D eigenvalue weighted by Crippen LogP contribution is -2.24. The number of carbonyl (C=O) groups is 2. The molecule has 1 heterocycles. The molecule has 0 bridgehead atoms. The summed E-state index contributed by atoms with van der Waals surface area (Å²) in [7, 11) is -3.47. The summed E-state index contributed by atoms with van der Waals surface area (Å²) in [6.45, 7) is 0.307. The van der Waals surface area contributed by atoms with Crippen molar-refractivity contribution in [2.45, 2.75) is 24.4 Å². The van der Waals surface area contributed by atoms with Crippen molar-refractivity contribution in [2.24, 2.45) is 0 Å². The lowest BCUT2D eigenvalue weighted by atomic mass is 10.2. The number of hydrogen-bond acceptors (Lipinski definition) is 5. The fourth-order valence-corrected chi connectivity index (χ4v) is 1.89. The van der Waals surface area contributed by atoms with Crippen LogP contribution >= 0.6 is 0 Å². The van der Waals surface area contributed by atoms with Gasteiger partial charge in [-0.15, -0.1) is 0 Å². The van der Waals surface area contributed by atoms with E-state index in [1.165, 1.54) is 12.1 Å². The van der Waals surface area contributed by atoms with Gasteiger partial charge in [-0.05, 0) is 25.0 Å². The summed E-state index contributed by atoms with van der Waals surface area (Å²) in [5.74, 6) is -1.49. The molecule has 106 valence electrons. The number of furan rings is 1. The Morgan fingerprint density at radius 3 is 2.53 bits per heavy atom. The topological polar surface area (TPSA) is 114 Å². The van der Waals surface area contributed by atoms with E-state index in [-0.39, 0.29) is 17.3 Å². The molecular formula is C11H15NO6S. The van der Waals surface area contributed by atoms with E-state index < -0.39 is 21.7 Å². The van der Waals surface area contributed by atoms with Crippen molar-refractivity contribution in [3.05, 3.63) is 17.9 Å².